The van der Waals surface area contributed by atoms with Crippen LogP contribution in [0.1, 0.15) is 6.92 Å². The Bertz CT molecular complexity index is 1240. The fraction of sp³-hybridized carbons (Fsp3) is 0.130. The van der Waals surface area contributed by atoms with Crippen molar-refractivity contribution in [2.75, 3.05) is 23.9 Å². The van der Waals surface area contributed by atoms with Crippen LogP contribution in [-0.2, 0) is 0 Å². The average Bonchev–Trinajstić information content (AvgIpc) is 2.80. The van der Waals surface area contributed by atoms with Crippen molar-refractivity contribution in [1.29, 1.82) is 0 Å². The summed E-state index contributed by atoms with van der Waals surface area (Å²) in [6.45, 7) is 2.42. The fourth-order valence-electron chi connectivity index (χ4n) is 3.54. The minimum atomic E-state index is -0.453. The first-order valence-electron chi connectivity index (χ1n) is 9.78. The van der Waals surface area contributed by atoms with Gasteiger partial charge < -0.3 is 15.0 Å². The van der Waals surface area contributed by atoms with Crippen LogP contribution in [0.4, 0.5) is 28.7 Å². The summed E-state index contributed by atoms with van der Waals surface area (Å²) in [5.74, 6) is 0.971. The molecular formula is C23H21N5O3. The fourth-order valence-corrected chi connectivity index (χ4v) is 3.54. The van der Waals surface area contributed by atoms with E-state index in [0.717, 1.165) is 16.5 Å². The molecule has 0 atom stereocenters. The molecule has 0 aliphatic rings. The SMILES string of the molecule is CCN(c1ncnc(Nc2cccc(OC)c2)c1[N+](=O)[O-])c1cccc2ccccc12. The Hall–Kier alpha value is -4.20. The quantitative estimate of drug-likeness (QED) is 0.317. The molecule has 0 aliphatic heterocycles. The number of nitrogens with zero attached hydrogens (tertiary/aromatic N) is 4. The minimum Gasteiger partial charge on any atom is -0.497 e. The lowest BCUT2D eigenvalue weighted by molar-refractivity contribution is -0.383. The van der Waals surface area contributed by atoms with E-state index in [4.69, 9.17) is 4.74 Å². The van der Waals surface area contributed by atoms with Crippen LogP contribution in [0.15, 0.2) is 73.1 Å². The average molecular weight is 415 g/mol. The van der Waals surface area contributed by atoms with Crippen LogP contribution in [0.25, 0.3) is 10.8 Å². The van der Waals surface area contributed by atoms with E-state index < -0.39 is 4.92 Å². The Morgan fingerprint density at radius 3 is 2.61 bits per heavy atom. The molecule has 1 heterocycles. The molecule has 0 spiro atoms. The summed E-state index contributed by atoms with van der Waals surface area (Å²) in [5, 5.41) is 17.2. The summed E-state index contributed by atoms with van der Waals surface area (Å²) >= 11 is 0. The number of hydrogen-bond donors (Lipinski definition) is 1. The van der Waals surface area contributed by atoms with E-state index in [1.807, 2.05) is 54.3 Å². The zero-order valence-electron chi connectivity index (χ0n) is 17.1. The van der Waals surface area contributed by atoms with Crippen molar-refractivity contribution >= 4 is 39.5 Å². The third-order valence-corrected chi connectivity index (χ3v) is 4.95. The first-order valence-corrected chi connectivity index (χ1v) is 9.78. The van der Waals surface area contributed by atoms with Gasteiger partial charge in [-0.25, -0.2) is 9.97 Å². The summed E-state index contributed by atoms with van der Waals surface area (Å²) in [5.41, 5.74) is 1.27. The van der Waals surface area contributed by atoms with Crippen LogP contribution in [0.3, 0.4) is 0 Å². The van der Waals surface area contributed by atoms with Crippen molar-refractivity contribution in [3.8, 4) is 5.75 Å². The maximum absolute atomic E-state index is 12.1. The third kappa shape index (κ3) is 3.95. The standard InChI is InChI=1S/C23H21N5O3/c1-3-27(20-13-6-9-16-8-4-5-12-19(16)20)23-21(28(29)30)22(24-15-25-23)26-17-10-7-11-18(14-17)31-2/h4-15H,3H2,1-2H3,(H,24,25,26). The molecule has 1 aromatic heterocycles. The number of ether oxygens (including phenoxy) is 1. The minimum absolute atomic E-state index is 0.113. The highest BCUT2D eigenvalue weighted by Gasteiger charge is 2.28. The number of methoxy groups -OCH3 is 1. The molecular weight excluding hydrogens is 394 g/mol. The van der Waals surface area contributed by atoms with Gasteiger partial charge >= 0.3 is 5.69 Å². The molecule has 0 fully saturated rings. The number of fused-ring (bicyclic) bond motifs is 1. The molecule has 156 valence electrons. The van der Waals surface area contributed by atoms with Crippen molar-refractivity contribution in [3.63, 3.8) is 0 Å². The molecule has 31 heavy (non-hydrogen) atoms. The second-order valence-electron chi connectivity index (χ2n) is 6.75. The lowest BCUT2D eigenvalue weighted by Gasteiger charge is -2.24. The van der Waals surface area contributed by atoms with Gasteiger partial charge in [0.1, 0.15) is 12.1 Å². The summed E-state index contributed by atoms with van der Waals surface area (Å²) in [6.07, 6.45) is 1.33. The smallest absolute Gasteiger partial charge is 0.354 e. The van der Waals surface area contributed by atoms with Gasteiger partial charge in [-0.15, -0.1) is 0 Å². The van der Waals surface area contributed by atoms with Gasteiger partial charge in [-0.1, -0.05) is 42.5 Å². The Labute approximate surface area is 179 Å². The molecule has 0 unspecified atom stereocenters. The highest BCUT2D eigenvalue weighted by atomic mass is 16.6. The predicted octanol–water partition coefficient (Wildman–Crippen LogP) is 5.45. The molecule has 0 radical (unpaired) electrons. The topological polar surface area (TPSA) is 93.4 Å². The van der Waals surface area contributed by atoms with Crippen molar-refractivity contribution in [2.45, 2.75) is 6.92 Å². The lowest BCUT2D eigenvalue weighted by atomic mass is 10.1. The number of rotatable bonds is 7. The van der Waals surface area contributed by atoms with Gasteiger partial charge in [0.2, 0.25) is 11.6 Å². The van der Waals surface area contributed by atoms with Crippen LogP contribution in [0.5, 0.6) is 5.75 Å². The third-order valence-electron chi connectivity index (χ3n) is 4.95. The van der Waals surface area contributed by atoms with E-state index in [2.05, 4.69) is 15.3 Å². The van der Waals surface area contributed by atoms with E-state index in [1.165, 1.54) is 6.33 Å². The monoisotopic (exact) mass is 415 g/mol. The second-order valence-corrected chi connectivity index (χ2v) is 6.75. The molecule has 8 heteroatoms. The number of aromatic nitrogens is 2. The van der Waals surface area contributed by atoms with Gasteiger partial charge in [-0.2, -0.15) is 0 Å². The number of benzene rings is 3. The van der Waals surface area contributed by atoms with Crippen LogP contribution in [0, 0.1) is 10.1 Å². The maximum atomic E-state index is 12.1. The van der Waals surface area contributed by atoms with Crippen LogP contribution in [0.2, 0.25) is 0 Å². The Morgan fingerprint density at radius 1 is 1.06 bits per heavy atom. The maximum Gasteiger partial charge on any atom is 0.354 e. The first-order chi connectivity index (χ1) is 15.1. The Kier molecular flexibility index (Phi) is 5.61. The van der Waals surface area contributed by atoms with Crippen molar-refractivity contribution in [2.24, 2.45) is 0 Å². The van der Waals surface area contributed by atoms with Gasteiger partial charge in [0.05, 0.1) is 17.7 Å². The van der Waals surface area contributed by atoms with Crippen LogP contribution >= 0.6 is 0 Å². The highest BCUT2D eigenvalue weighted by Crippen LogP contribution is 2.39. The van der Waals surface area contributed by atoms with Gasteiger partial charge in [-0.3, -0.25) is 10.1 Å². The summed E-state index contributed by atoms with van der Waals surface area (Å²) < 4.78 is 5.23. The molecule has 8 nitrogen and oxygen atoms in total. The molecule has 0 bridgehead atoms. The van der Waals surface area contributed by atoms with Crippen LogP contribution in [-0.4, -0.2) is 28.5 Å². The highest BCUT2D eigenvalue weighted by molar-refractivity contribution is 5.97. The number of nitro groups is 1. The number of nitrogens with one attached hydrogen (secondary N) is 1. The molecule has 0 amide bonds. The molecule has 4 rings (SSSR count). The number of hydrogen-bond acceptors (Lipinski definition) is 7. The van der Waals surface area contributed by atoms with Gasteiger partial charge in [0.15, 0.2) is 0 Å². The first kappa shape index (κ1) is 20.1. The lowest BCUT2D eigenvalue weighted by Crippen LogP contribution is -2.20. The van der Waals surface area contributed by atoms with Crippen molar-refractivity contribution in [3.05, 3.63) is 83.2 Å². The van der Waals surface area contributed by atoms with E-state index >= 15 is 0 Å². The number of anilines is 4. The van der Waals surface area contributed by atoms with Gasteiger partial charge in [-0.05, 0) is 30.5 Å². The van der Waals surface area contributed by atoms with E-state index in [1.54, 1.807) is 31.4 Å². The zero-order chi connectivity index (χ0) is 21.8. The van der Waals surface area contributed by atoms with E-state index in [0.29, 0.717) is 18.0 Å². The van der Waals surface area contributed by atoms with Gasteiger partial charge in [0, 0.05) is 23.7 Å². The molecule has 1 N–H and O–H groups in total. The van der Waals surface area contributed by atoms with E-state index in [-0.39, 0.29) is 17.3 Å². The second kappa shape index (κ2) is 8.66. The molecule has 0 saturated carbocycles. The van der Waals surface area contributed by atoms with E-state index in [9.17, 15) is 10.1 Å². The zero-order valence-corrected chi connectivity index (χ0v) is 17.1. The van der Waals surface area contributed by atoms with Crippen LogP contribution < -0.4 is 15.0 Å². The largest absolute Gasteiger partial charge is 0.497 e. The van der Waals surface area contributed by atoms with Gasteiger partial charge in [0.25, 0.3) is 0 Å². The predicted molar refractivity (Wildman–Crippen MR) is 122 cm³/mol. The molecule has 0 aliphatic carbocycles. The summed E-state index contributed by atoms with van der Waals surface area (Å²) in [4.78, 5) is 21.9. The molecule has 3 aromatic carbocycles. The molecule has 0 saturated heterocycles. The normalized spacial score (nSPS) is 10.6. The van der Waals surface area contributed by atoms with Crippen molar-refractivity contribution in [1.82, 2.24) is 9.97 Å². The Morgan fingerprint density at radius 2 is 1.84 bits per heavy atom. The summed E-state index contributed by atoms with van der Waals surface area (Å²) in [7, 11) is 1.56. The van der Waals surface area contributed by atoms with Crippen molar-refractivity contribution < 1.29 is 9.66 Å². The summed E-state index contributed by atoms with van der Waals surface area (Å²) in [6, 6.07) is 20.9. The Balaban J connectivity index is 1.83. The molecule has 4 aromatic rings.